The monoisotopic (exact) mass is 327 g/mol. The Bertz CT molecular complexity index is 600. The lowest BCUT2D eigenvalue weighted by molar-refractivity contribution is -0.116. The molecule has 0 aliphatic heterocycles. The number of benzene rings is 1. The molecule has 7 heteroatoms. The Morgan fingerprint density at radius 1 is 1.14 bits per heavy atom. The van der Waals surface area contributed by atoms with Gasteiger partial charge < -0.3 is 11.1 Å². The molecule has 0 aliphatic rings. The molecule has 1 rings (SSSR count). The first-order valence-corrected chi connectivity index (χ1v) is 9.29. The molecule has 0 saturated carbocycles. The van der Waals surface area contributed by atoms with Crippen LogP contribution in [0.5, 0.6) is 0 Å². The number of unbranched alkanes of at least 4 members (excludes halogenated alkanes) is 3. The number of amides is 1. The van der Waals surface area contributed by atoms with Gasteiger partial charge in [-0.2, -0.15) is 0 Å². The van der Waals surface area contributed by atoms with E-state index in [4.69, 9.17) is 5.73 Å². The maximum absolute atomic E-state index is 12.0. The molecule has 0 aliphatic carbocycles. The van der Waals surface area contributed by atoms with Crippen LogP contribution < -0.4 is 15.8 Å². The van der Waals surface area contributed by atoms with Gasteiger partial charge in [0.15, 0.2) is 0 Å². The van der Waals surface area contributed by atoms with E-state index in [1.54, 1.807) is 18.2 Å². The summed E-state index contributed by atoms with van der Waals surface area (Å²) in [6, 6.07) is 5.18. The van der Waals surface area contributed by atoms with Crippen molar-refractivity contribution in [2.45, 2.75) is 39.0 Å². The lowest BCUT2D eigenvalue weighted by Gasteiger charge is -2.13. The lowest BCUT2D eigenvalue weighted by Crippen LogP contribution is -2.16. The van der Waals surface area contributed by atoms with Crippen LogP contribution in [0.4, 0.5) is 11.4 Å². The van der Waals surface area contributed by atoms with Gasteiger partial charge in [0.05, 0.1) is 17.6 Å². The fourth-order valence-electron chi connectivity index (χ4n) is 2.05. The molecule has 0 fully saturated rings. The molecular formula is C15H25N3O3S. The number of nitrogens with one attached hydrogen (secondary N) is 2. The zero-order valence-electron chi connectivity index (χ0n) is 13.2. The van der Waals surface area contributed by atoms with Crippen molar-refractivity contribution in [1.82, 2.24) is 0 Å². The normalized spacial score (nSPS) is 11.2. The number of rotatable bonds is 9. The predicted octanol–water partition coefficient (Wildman–Crippen LogP) is 2.21. The molecule has 0 bridgehead atoms. The second-order valence-electron chi connectivity index (χ2n) is 5.42. The number of aryl methyl sites for hydroxylation is 1. The van der Waals surface area contributed by atoms with Crippen LogP contribution in [0.25, 0.3) is 0 Å². The highest BCUT2D eigenvalue weighted by molar-refractivity contribution is 7.92. The zero-order chi connectivity index (χ0) is 16.6. The molecule has 6 nitrogen and oxygen atoms in total. The Morgan fingerprint density at radius 3 is 2.45 bits per heavy atom. The first-order chi connectivity index (χ1) is 10.3. The fraction of sp³-hybridized carbons (Fsp3) is 0.533. The molecule has 0 heterocycles. The summed E-state index contributed by atoms with van der Waals surface area (Å²) in [5, 5.41) is 2.77. The Balaban J connectivity index is 2.63. The third kappa shape index (κ3) is 7.42. The second kappa shape index (κ2) is 8.75. The Hall–Kier alpha value is -1.60. The first kappa shape index (κ1) is 18.4. The molecule has 1 aromatic rings. The van der Waals surface area contributed by atoms with E-state index in [1.165, 1.54) is 0 Å². The third-order valence-electron chi connectivity index (χ3n) is 3.10. The maximum atomic E-state index is 12.0. The number of hydrogen-bond donors (Lipinski definition) is 3. The lowest BCUT2D eigenvalue weighted by atomic mass is 10.1. The summed E-state index contributed by atoms with van der Waals surface area (Å²) in [6.45, 7) is 2.56. The van der Waals surface area contributed by atoms with Crippen LogP contribution >= 0.6 is 0 Å². The molecule has 124 valence electrons. The summed E-state index contributed by atoms with van der Waals surface area (Å²) >= 11 is 0. The van der Waals surface area contributed by atoms with E-state index in [1.807, 2.05) is 6.92 Å². The number of nitrogens with two attached hydrogens (primary N) is 1. The van der Waals surface area contributed by atoms with Crippen LogP contribution in [0, 0.1) is 6.92 Å². The number of hydrogen-bond acceptors (Lipinski definition) is 4. The molecule has 0 unspecified atom stereocenters. The smallest absolute Gasteiger partial charge is 0.229 e. The van der Waals surface area contributed by atoms with Crippen molar-refractivity contribution in [2.24, 2.45) is 5.73 Å². The van der Waals surface area contributed by atoms with Crippen molar-refractivity contribution in [3.63, 3.8) is 0 Å². The highest BCUT2D eigenvalue weighted by Crippen LogP contribution is 2.24. The van der Waals surface area contributed by atoms with Gasteiger partial charge in [-0.05, 0) is 44.0 Å². The minimum atomic E-state index is -3.39. The van der Waals surface area contributed by atoms with Crippen LogP contribution in [0.15, 0.2) is 18.2 Å². The molecule has 4 N–H and O–H groups in total. The van der Waals surface area contributed by atoms with E-state index >= 15 is 0 Å². The van der Waals surface area contributed by atoms with Gasteiger partial charge in [-0.3, -0.25) is 9.52 Å². The van der Waals surface area contributed by atoms with E-state index in [9.17, 15) is 13.2 Å². The molecule has 0 aromatic heterocycles. The summed E-state index contributed by atoms with van der Waals surface area (Å²) < 4.78 is 25.1. The topological polar surface area (TPSA) is 101 Å². The van der Waals surface area contributed by atoms with Crippen molar-refractivity contribution in [3.05, 3.63) is 23.8 Å². The van der Waals surface area contributed by atoms with Gasteiger partial charge in [0, 0.05) is 6.42 Å². The Morgan fingerprint density at radius 2 is 1.82 bits per heavy atom. The van der Waals surface area contributed by atoms with Gasteiger partial charge in [0.25, 0.3) is 0 Å². The summed E-state index contributed by atoms with van der Waals surface area (Å²) in [6.07, 6.45) is 5.25. The summed E-state index contributed by atoms with van der Waals surface area (Å²) in [4.78, 5) is 12.0. The largest absolute Gasteiger partial charge is 0.330 e. The van der Waals surface area contributed by atoms with E-state index in [0.717, 1.165) is 37.5 Å². The molecule has 0 radical (unpaired) electrons. The minimum absolute atomic E-state index is 0.116. The summed E-state index contributed by atoms with van der Waals surface area (Å²) in [5.74, 6) is -0.116. The number of sulfonamides is 1. The number of anilines is 2. The van der Waals surface area contributed by atoms with Gasteiger partial charge in [0.1, 0.15) is 0 Å². The quantitative estimate of drug-likeness (QED) is 0.605. The van der Waals surface area contributed by atoms with Crippen molar-refractivity contribution < 1.29 is 13.2 Å². The van der Waals surface area contributed by atoms with Crippen LogP contribution in [-0.2, 0) is 14.8 Å². The van der Waals surface area contributed by atoms with Crippen molar-refractivity contribution in [2.75, 3.05) is 22.8 Å². The molecule has 0 atom stereocenters. The first-order valence-electron chi connectivity index (χ1n) is 7.40. The van der Waals surface area contributed by atoms with Crippen LogP contribution in [0.2, 0.25) is 0 Å². The highest BCUT2D eigenvalue weighted by atomic mass is 32.2. The van der Waals surface area contributed by atoms with E-state index in [-0.39, 0.29) is 5.91 Å². The standard InChI is InChI=1S/C15H25N3O3S/c1-12-8-9-13(18-22(2,20)21)14(11-12)17-15(19)7-5-3-4-6-10-16/h8-9,11,18H,3-7,10,16H2,1-2H3,(H,17,19). The molecule has 1 amide bonds. The predicted molar refractivity (Wildman–Crippen MR) is 90.4 cm³/mol. The molecular weight excluding hydrogens is 302 g/mol. The molecule has 22 heavy (non-hydrogen) atoms. The van der Waals surface area contributed by atoms with Crippen LogP contribution in [-0.4, -0.2) is 27.1 Å². The average molecular weight is 327 g/mol. The fourth-order valence-corrected chi connectivity index (χ4v) is 2.62. The van der Waals surface area contributed by atoms with E-state index in [0.29, 0.717) is 24.3 Å². The highest BCUT2D eigenvalue weighted by Gasteiger charge is 2.10. The van der Waals surface area contributed by atoms with Crippen LogP contribution in [0.1, 0.15) is 37.7 Å². The van der Waals surface area contributed by atoms with Crippen molar-refractivity contribution in [1.29, 1.82) is 0 Å². The number of carbonyl (C=O) groups excluding carboxylic acids is 1. The van der Waals surface area contributed by atoms with Gasteiger partial charge >= 0.3 is 0 Å². The van der Waals surface area contributed by atoms with Gasteiger partial charge in [-0.15, -0.1) is 0 Å². The average Bonchev–Trinajstić information content (AvgIpc) is 2.40. The Labute approximate surface area is 132 Å². The van der Waals surface area contributed by atoms with E-state index in [2.05, 4.69) is 10.0 Å². The van der Waals surface area contributed by atoms with Gasteiger partial charge in [-0.1, -0.05) is 18.9 Å². The zero-order valence-corrected chi connectivity index (χ0v) is 14.0. The van der Waals surface area contributed by atoms with Crippen LogP contribution in [0.3, 0.4) is 0 Å². The SMILES string of the molecule is Cc1ccc(NS(C)(=O)=O)c(NC(=O)CCCCCCN)c1. The van der Waals surface area contributed by atoms with Crippen molar-refractivity contribution in [3.8, 4) is 0 Å². The summed E-state index contributed by atoms with van der Waals surface area (Å²) in [7, 11) is -3.39. The van der Waals surface area contributed by atoms with Gasteiger partial charge in [0.2, 0.25) is 15.9 Å². The third-order valence-corrected chi connectivity index (χ3v) is 3.69. The Kier molecular flexibility index (Phi) is 7.34. The molecule has 1 aromatic carbocycles. The van der Waals surface area contributed by atoms with E-state index < -0.39 is 10.0 Å². The second-order valence-corrected chi connectivity index (χ2v) is 7.17. The van der Waals surface area contributed by atoms with Crippen molar-refractivity contribution >= 4 is 27.3 Å². The minimum Gasteiger partial charge on any atom is -0.330 e. The summed E-state index contributed by atoms with van der Waals surface area (Å²) in [5.41, 5.74) is 7.22. The molecule has 0 spiro atoms. The number of carbonyl (C=O) groups is 1. The molecule has 0 saturated heterocycles. The van der Waals surface area contributed by atoms with Gasteiger partial charge in [-0.25, -0.2) is 8.42 Å². The maximum Gasteiger partial charge on any atom is 0.229 e.